The monoisotopic (exact) mass is 434 g/mol. The molecule has 1 saturated heterocycles. The summed E-state index contributed by atoms with van der Waals surface area (Å²) in [7, 11) is 0. The number of thioether (sulfide) groups is 1. The number of fused-ring (bicyclic) bond motifs is 1. The Morgan fingerprint density at radius 3 is 2.73 bits per heavy atom. The molecule has 0 unspecified atom stereocenters. The normalized spacial score (nSPS) is 22.2. The molecule has 3 rings (SSSR count). The zero-order chi connectivity index (χ0) is 18.8. The summed E-state index contributed by atoms with van der Waals surface area (Å²) >= 11 is 4.88. The number of ether oxygens (including phenoxy) is 1. The van der Waals surface area contributed by atoms with E-state index in [-0.39, 0.29) is 17.8 Å². The zero-order valence-electron chi connectivity index (χ0n) is 14.6. The first-order valence-electron chi connectivity index (χ1n) is 8.30. The summed E-state index contributed by atoms with van der Waals surface area (Å²) in [5.41, 5.74) is 1.81. The van der Waals surface area contributed by atoms with E-state index in [2.05, 4.69) is 27.5 Å². The van der Waals surface area contributed by atoms with Crippen LogP contribution in [0.25, 0.3) is 0 Å². The van der Waals surface area contributed by atoms with Gasteiger partial charge in [0.25, 0.3) is 0 Å². The first-order valence-corrected chi connectivity index (χ1v) is 9.97. The smallest absolute Gasteiger partial charge is 0.338 e. The van der Waals surface area contributed by atoms with E-state index in [1.54, 1.807) is 11.8 Å². The molecule has 2 aliphatic heterocycles. The number of carbonyl (C=O) groups is 2. The van der Waals surface area contributed by atoms with Crippen LogP contribution in [0.15, 0.2) is 57.7 Å². The predicted octanol–water partition coefficient (Wildman–Crippen LogP) is 4.22. The molecule has 5 nitrogen and oxygen atoms in total. The number of hydrogen-bond donors (Lipinski definition) is 0. The fourth-order valence-corrected chi connectivity index (χ4v) is 4.42. The van der Waals surface area contributed by atoms with E-state index in [9.17, 15) is 9.59 Å². The topological polar surface area (TPSA) is 59.0 Å². The van der Waals surface area contributed by atoms with Gasteiger partial charge in [0.05, 0.1) is 22.6 Å². The van der Waals surface area contributed by atoms with Crippen LogP contribution in [0.2, 0.25) is 0 Å². The third-order valence-electron chi connectivity index (χ3n) is 4.26. The molecule has 26 heavy (non-hydrogen) atoms. The Hall–Kier alpha value is -1.86. The summed E-state index contributed by atoms with van der Waals surface area (Å²) in [5.74, 6) is -0.499. The average Bonchev–Trinajstić information content (AvgIpc) is 2.94. The van der Waals surface area contributed by atoms with Crippen molar-refractivity contribution in [2.24, 2.45) is 4.99 Å². The number of rotatable bonds is 5. The van der Waals surface area contributed by atoms with Crippen molar-refractivity contribution in [2.75, 3.05) is 6.61 Å². The molecule has 1 aromatic carbocycles. The zero-order valence-corrected chi connectivity index (χ0v) is 17.0. The molecule has 0 aliphatic carbocycles. The second-order valence-corrected chi connectivity index (χ2v) is 8.04. The molecule has 2 heterocycles. The van der Waals surface area contributed by atoms with Crippen LogP contribution in [0, 0.1) is 0 Å². The van der Waals surface area contributed by atoms with Gasteiger partial charge in [-0.05, 0) is 31.0 Å². The second-order valence-electron chi connectivity index (χ2n) is 5.96. The molecule has 1 fully saturated rings. The molecule has 1 amide bonds. The minimum Gasteiger partial charge on any atom is -0.458 e. The van der Waals surface area contributed by atoms with E-state index in [0.717, 1.165) is 10.0 Å². The van der Waals surface area contributed by atoms with Crippen molar-refractivity contribution in [3.8, 4) is 0 Å². The maximum absolute atomic E-state index is 12.9. The van der Waals surface area contributed by atoms with Crippen LogP contribution in [0.3, 0.4) is 0 Å². The first kappa shape index (κ1) is 18.9. The predicted molar refractivity (Wildman–Crippen MR) is 107 cm³/mol. The van der Waals surface area contributed by atoms with Crippen LogP contribution in [0.4, 0.5) is 0 Å². The number of nitrogens with zero attached hydrogens (tertiary/aromatic N) is 2. The van der Waals surface area contributed by atoms with Crippen LogP contribution in [-0.4, -0.2) is 33.8 Å². The van der Waals surface area contributed by atoms with Crippen molar-refractivity contribution < 1.29 is 14.3 Å². The Morgan fingerprint density at radius 1 is 1.42 bits per heavy atom. The van der Waals surface area contributed by atoms with Crippen molar-refractivity contribution in [1.29, 1.82) is 0 Å². The summed E-state index contributed by atoms with van der Waals surface area (Å²) in [6.07, 6.45) is 2.23. The second kappa shape index (κ2) is 7.80. The lowest BCUT2D eigenvalue weighted by Gasteiger charge is -2.33. The van der Waals surface area contributed by atoms with Gasteiger partial charge in [0.1, 0.15) is 6.61 Å². The van der Waals surface area contributed by atoms with Gasteiger partial charge in [0.15, 0.2) is 5.17 Å². The lowest BCUT2D eigenvalue weighted by Crippen LogP contribution is -2.40. The van der Waals surface area contributed by atoms with Gasteiger partial charge in [0, 0.05) is 4.47 Å². The van der Waals surface area contributed by atoms with Crippen LogP contribution in [-0.2, 0) is 14.3 Å². The first-order chi connectivity index (χ1) is 12.5. The lowest BCUT2D eigenvalue weighted by atomic mass is 9.94. The highest BCUT2D eigenvalue weighted by Gasteiger charge is 2.47. The standard InChI is InChI=1S/C19H19BrN2O3S/c1-4-10-25-18(24)15-11(3)21-19-22(17(23)14(5-2)26-19)16(15)12-6-8-13(20)9-7-12/h4,6-9,14,16H,1,5,10H2,2-3H3/t14-,16+/m0/s1. The maximum atomic E-state index is 12.9. The molecule has 0 saturated carbocycles. The summed E-state index contributed by atoms with van der Waals surface area (Å²) in [6, 6.07) is 7.07. The van der Waals surface area contributed by atoms with E-state index in [1.165, 1.54) is 17.8 Å². The van der Waals surface area contributed by atoms with Gasteiger partial charge in [-0.3, -0.25) is 9.69 Å². The molecule has 1 aromatic rings. The van der Waals surface area contributed by atoms with Crippen molar-refractivity contribution in [2.45, 2.75) is 31.6 Å². The van der Waals surface area contributed by atoms with E-state index in [1.807, 2.05) is 31.2 Å². The van der Waals surface area contributed by atoms with E-state index < -0.39 is 12.0 Å². The summed E-state index contributed by atoms with van der Waals surface area (Å²) in [6.45, 7) is 7.44. The molecule has 2 atom stereocenters. The van der Waals surface area contributed by atoms with Crippen molar-refractivity contribution in [3.05, 3.63) is 58.2 Å². The summed E-state index contributed by atoms with van der Waals surface area (Å²) in [4.78, 5) is 31.8. The number of hydrogen-bond acceptors (Lipinski definition) is 5. The number of amides is 1. The van der Waals surface area contributed by atoms with Crippen LogP contribution in [0.5, 0.6) is 0 Å². The molecular weight excluding hydrogens is 416 g/mol. The average molecular weight is 435 g/mol. The molecule has 0 bridgehead atoms. The molecule has 0 radical (unpaired) electrons. The quantitative estimate of drug-likeness (QED) is 0.514. The summed E-state index contributed by atoms with van der Waals surface area (Å²) < 4.78 is 6.20. The largest absolute Gasteiger partial charge is 0.458 e. The van der Waals surface area contributed by atoms with Crippen LogP contribution < -0.4 is 0 Å². The number of esters is 1. The SMILES string of the molecule is C=CCOC(=O)C1=C(C)N=C2S[C@@H](CC)C(=O)N2[C@@H]1c1ccc(Br)cc1. The van der Waals surface area contributed by atoms with Gasteiger partial charge in [0.2, 0.25) is 5.91 Å². The number of halogens is 1. The molecule has 136 valence electrons. The fourth-order valence-electron chi connectivity index (χ4n) is 3.02. The highest BCUT2D eigenvalue weighted by atomic mass is 79.9. The van der Waals surface area contributed by atoms with Gasteiger partial charge in [-0.15, -0.1) is 0 Å². The highest BCUT2D eigenvalue weighted by Crippen LogP contribution is 2.44. The number of benzene rings is 1. The van der Waals surface area contributed by atoms with Crippen LogP contribution in [0.1, 0.15) is 31.9 Å². The molecule has 0 aromatic heterocycles. The molecule has 0 N–H and O–H groups in total. The van der Waals surface area contributed by atoms with Gasteiger partial charge >= 0.3 is 5.97 Å². The van der Waals surface area contributed by atoms with Crippen LogP contribution >= 0.6 is 27.7 Å². The fraction of sp³-hybridized carbons (Fsp3) is 0.316. The number of amidine groups is 1. The van der Waals surface area contributed by atoms with E-state index in [4.69, 9.17) is 4.74 Å². The highest BCUT2D eigenvalue weighted by molar-refractivity contribution is 9.10. The van der Waals surface area contributed by atoms with Crippen molar-refractivity contribution in [1.82, 2.24) is 4.90 Å². The van der Waals surface area contributed by atoms with Crippen molar-refractivity contribution >= 4 is 44.7 Å². The maximum Gasteiger partial charge on any atom is 0.338 e. The Bertz CT molecular complexity index is 817. The third kappa shape index (κ3) is 3.38. The van der Waals surface area contributed by atoms with Crippen molar-refractivity contribution in [3.63, 3.8) is 0 Å². The summed E-state index contributed by atoms with van der Waals surface area (Å²) in [5, 5.41) is 0.468. The number of carbonyl (C=O) groups excluding carboxylic acids is 2. The van der Waals surface area contributed by atoms with Gasteiger partial charge in [-0.25, -0.2) is 9.79 Å². The minimum absolute atomic E-state index is 0.0225. The molecule has 2 aliphatic rings. The lowest BCUT2D eigenvalue weighted by molar-refractivity contribution is -0.139. The Kier molecular flexibility index (Phi) is 5.67. The Morgan fingerprint density at radius 2 is 2.12 bits per heavy atom. The third-order valence-corrected chi connectivity index (χ3v) is 6.11. The number of aliphatic imine (C=N–C) groups is 1. The number of allylic oxidation sites excluding steroid dienone is 1. The Labute approximate surface area is 165 Å². The molecule has 0 spiro atoms. The Balaban J connectivity index is 2.10. The minimum atomic E-state index is -0.538. The molecular formula is C19H19BrN2O3S. The van der Waals surface area contributed by atoms with Gasteiger partial charge in [-0.2, -0.15) is 0 Å². The van der Waals surface area contributed by atoms with E-state index >= 15 is 0 Å². The van der Waals surface area contributed by atoms with E-state index in [0.29, 0.717) is 22.9 Å². The van der Waals surface area contributed by atoms with Gasteiger partial charge < -0.3 is 4.74 Å². The van der Waals surface area contributed by atoms with Gasteiger partial charge in [-0.1, -0.05) is 59.4 Å². The molecule has 7 heteroatoms.